The van der Waals surface area contributed by atoms with Crippen LogP contribution in [0.2, 0.25) is 0 Å². The Kier molecular flexibility index (Phi) is 4.88. The van der Waals surface area contributed by atoms with Crippen molar-refractivity contribution in [3.05, 3.63) is 64.2 Å². The number of esters is 1. The number of rotatable bonds is 5. The number of nitrogens with zero attached hydrogens (tertiary/aromatic N) is 1. The average Bonchev–Trinajstić information content (AvgIpc) is 2.52. The molecule has 0 heterocycles. The first-order valence-corrected chi connectivity index (χ1v) is 6.96. The van der Waals surface area contributed by atoms with Crippen molar-refractivity contribution >= 4 is 11.7 Å². The van der Waals surface area contributed by atoms with Crippen LogP contribution in [-0.4, -0.2) is 17.5 Å². The minimum Gasteiger partial charge on any atom is -0.465 e. The predicted molar refractivity (Wildman–Crippen MR) is 83.6 cm³/mol. The van der Waals surface area contributed by atoms with Crippen LogP contribution in [0.5, 0.6) is 0 Å². The van der Waals surface area contributed by atoms with Crippen LogP contribution in [0, 0.1) is 10.1 Å². The molecule has 0 spiro atoms. The van der Waals surface area contributed by atoms with E-state index in [9.17, 15) is 14.9 Å². The van der Waals surface area contributed by atoms with Gasteiger partial charge >= 0.3 is 5.97 Å². The maximum Gasteiger partial charge on any atom is 0.302 e. The van der Waals surface area contributed by atoms with Crippen LogP contribution in [0.4, 0.5) is 5.69 Å². The van der Waals surface area contributed by atoms with Crippen molar-refractivity contribution < 1.29 is 14.5 Å². The van der Waals surface area contributed by atoms with Crippen molar-refractivity contribution in [3.8, 4) is 11.1 Å². The van der Waals surface area contributed by atoms with E-state index in [1.165, 1.54) is 13.0 Å². The molecule has 0 aliphatic heterocycles. The zero-order valence-corrected chi connectivity index (χ0v) is 12.5. The largest absolute Gasteiger partial charge is 0.465 e. The van der Waals surface area contributed by atoms with E-state index >= 15 is 0 Å². The molecule has 5 nitrogen and oxygen atoms in total. The number of carbonyl (C=O) groups is 1. The lowest BCUT2D eigenvalue weighted by molar-refractivity contribution is -0.385. The molecule has 1 unspecified atom stereocenters. The Morgan fingerprint density at radius 1 is 1.18 bits per heavy atom. The first-order valence-electron chi connectivity index (χ1n) is 6.96. The molecule has 0 amide bonds. The van der Waals surface area contributed by atoms with Gasteiger partial charge in [0.1, 0.15) is 0 Å². The smallest absolute Gasteiger partial charge is 0.302 e. The second-order valence-corrected chi connectivity index (χ2v) is 5.10. The first-order chi connectivity index (χ1) is 10.5. The molecule has 2 rings (SSSR count). The van der Waals surface area contributed by atoms with Crippen molar-refractivity contribution in [1.29, 1.82) is 0 Å². The van der Waals surface area contributed by atoms with Gasteiger partial charge in [0, 0.05) is 24.5 Å². The van der Waals surface area contributed by atoms with Crippen LogP contribution in [-0.2, 0) is 9.53 Å². The lowest BCUT2D eigenvalue weighted by atomic mass is 9.95. The SMILES string of the molecule is CC(=O)OCC(C)c1cc(-c2ccccc2)ccc1[N+](=O)[O-]. The first kappa shape index (κ1) is 15.7. The van der Waals surface area contributed by atoms with Crippen molar-refractivity contribution in [3.63, 3.8) is 0 Å². The lowest BCUT2D eigenvalue weighted by Crippen LogP contribution is -2.10. The molecule has 0 bridgehead atoms. The number of benzene rings is 2. The van der Waals surface area contributed by atoms with Gasteiger partial charge < -0.3 is 4.74 Å². The Morgan fingerprint density at radius 3 is 2.45 bits per heavy atom. The van der Waals surface area contributed by atoms with Crippen molar-refractivity contribution in [2.75, 3.05) is 6.61 Å². The molecule has 0 aromatic heterocycles. The number of nitro groups is 1. The summed E-state index contributed by atoms with van der Waals surface area (Å²) in [6, 6.07) is 14.7. The summed E-state index contributed by atoms with van der Waals surface area (Å²) in [6.07, 6.45) is 0. The number of hydrogen-bond donors (Lipinski definition) is 0. The van der Waals surface area contributed by atoms with Gasteiger partial charge in [-0.05, 0) is 23.3 Å². The Labute approximate surface area is 128 Å². The molecule has 0 radical (unpaired) electrons. The fraction of sp³-hybridized carbons (Fsp3) is 0.235. The molecular weight excluding hydrogens is 282 g/mol. The third-order valence-corrected chi connectivity index (χ3v) is 3.40. The van der Waals surface area contributed by atoms with Crippen LogP contribution >= 0.6 is 0 Å². The van der Waals surface area contributed by atoms with Gasteiger partial charge in [-0.15, -0.1) is 0 Å². The van der Waals surface area contributed by atoms with Crippen LogP contribution in [0.3, 0.4) is 0 Å². The molecule has 2 aromatic carbocycles. The van der Waals surface area contributed by atoms with E-state index < -0.39 is 10.9 Å². The third kappa shape index (κ3) is 3.69. The van der Waals surface area contributed by atoms with E-state index in [1.54, 1.807) is 19.1 Å². The normalized spacial score (nSPS) is 11.7. The molecule has 2 aromatic rings. The number of nitro benzene ring substituents is 1. The van der Waals surface area contributed by atoms with Crippen LogP contribution in [0.25, 0.3) is 11.1 Å². The molecule has 0 saturated carbocycles. The van der Waals surface area contributed by atoms with Crippen LogP contribution in [0.15, 0.2) is 48.5 Å². The number of ether oxygens (including phenoxy) is 1. The summed E-state index contributed by atoms with van der Waals surface area (Å²) in [5.41, 5.74) is 2.49. The zero-order chi connectivity index (χ0) is 16.1. The lowest BCUT2D eigenvalue weighted by Gasteiger charge is -2.13. The predicted octanol–water partition coefficient (Wildman–Crippen LogP) is 3.93. The van der Waals surface area contributed by atoms with E-state index in [1.807, 2.05) is 30.3 Å². The van der Waals surface area contributed by atoms with Gasteiger partial charge in [-0.25, -0.2) is 0 Å². The quantitative estimate of drug-likeness (QED) is 0.476. The Hall–Kier alpha value is -2.69. The van der Waals surface area contributed by atoms with Crippen molar-refractivity contribution in [2.45, 2.75) is 19.8 Å². The van der Waals surface area contributed by atoms with Gasteiger partial charge in [0.25, 0.3) is 5.69 Å². The zero-order valence-electron chi connectivity index (χ0n) is 12.5. The van der Waals surface area contributed by atoms with E-state index in [2.05, 4.69) is 0 Å². The van der Waals surface area contributed by atoms with Gasteiger partial charge in [0.15, 0.2) is 0 Å². The summed E-state index contributed by atoms with van der Waals surface area (Å²) in [6.45, 7) is 3.25. The molecule has 1 atom stereocenters. The third-order valence-electron chi connectivity index (χ3n) is 3.40. The molecular formula is C17H17NO4. The summed E-state index contributed by atoms with van der Waals surface area (Å²) < 4.78 is 4.98. The van der Waals surface area contributed by atoms with Crippen molar-refractivity contribution in [1.82, 2.24) is 0 Å². The molecule has 0 N–H and O–H groups in total. The Balaban J connectivity index is 2.40. The van der Waals surface area contributed by atoms with Gasteiger partial charge in [-0.3, -0.25) is 14.9 Å². The van der Waals surface area contributed by atoms with E-state index in [4.69, 9.17) is 4.74 Å². The summed E-state index contributed by atoms with van der Waals surface area (Å²) in [5.74, 6) is -0.651. The van der Waals surface area contributed by atoms with E-state index in [0.717, 1.165) is 11.1 Å². The van der Waals surface area contributed by atoms with E-state index in [0.29, 0.717) is 5.56 Å². The highest BCUT2D eigenvalue weighted by Crippen LogP contribution is 2.31. The Morgan fingerprint density at radius 2 is 1.86 bits per heavy atom. The van der Waals surface area contributed by atoms with Crippen LogP contribution in [0.1, 0.15) is 25.3 Å². The molecule has 5 heteroatoms. The molecule has 22 heavy (non-hydrogen) atoms. The minimum atomic E-state index is -0.408. The molecule has 114 valence electrons. The summed E-state index contributed by atoms with van der Waals surface area (Å²) in [5, 5.41) is 11.2. The monoisotopic (exact) mass is 299 g/mol. The maximum atomic E-state index is 11.2. The fourth-order valence-corrected chi connectivity index (χ4v) is 2.26. The second-order valence-electron chi connectivity index (χ2n) is 5.10. The minimum absolute atomic E-state index is 0.0410. The summed E-state index contributed by atoms with van der Waals surface area (Å²) >= 11 is 0. The summed E-state index contributed by atoms with van der Waals surface area (Å²) in [4.78, 5) is 21.7. The highest BCUT2D eigenvalue weighted by Gasteiger charge is 2.20. The van der Waals surface area contributed by atoms with Gasteiger partial charge in [0.05, 0.1) is 11.5 Å². The molecule has 0 saturated heterocycles. The summed E-state index contributed by atoms with van der Waals surface area (Å²) in [7, 11) is 0. The highest BCUT2D eigenvalue weighted by molar-refractivity contribution is 5.67. The van der Waals surface area contributed by atoms with E-state index in [-0.39, 0.29) is 18.2 Å². The van der Waals surface area contributed by atoms with Gasteiger partial charge in [-0.2, -0.15) is 0 Å². The van der Waals surface area contributed by atoms with Gasteiger partial charge in [0.2, 0.25) is 0 Å². The second kappa shape index (κ2) is 6.85. The van der Waals surface area contributed by atoms with Gasteiger partial charge in [-0.1, -0.05) is 37.3 Å². The molecule has 0 aliphatic carbocycles. The number of hydrogen-bond acceptors (Lipinski definition) is 4. The van der Waals surface area contributed by atoms with Crippen molar-refractivity contribution in [2.24, 2.45) is 0 Å². The molecule has 0 aliphatic rings. The average molecular weight is 299 g/mol. The topological polar surface area (TPSA) is 69.4 Å². The fourth-order valence-electron chi connectivity index (χ4n) is 2.26. The highest BCUT2D eigenvalue weighted by atomic mass is 16.6. The number of carbonyl (C=O) groups excluding carboxylic acids is 1. The van der Waals surface area contributed by atoms with Crippen LogP contribution < -0.4 is 0 Å². The maximum absolute atomic E-state index is 11.2. The molecule has 0 fully saturated rings. The Bertz CT molecular complexity index is 682. The standard InChI is InChI=1S/C17H17NO4/c1-12(11-22-13(2)19)16-10-15(8-9-17(16)18(20)21)14-6-4-3-5-7-14/h3-10,12H,11H2,1-2H3.